The van der Waals surface area contributed by atoms with Gasteiger partial charge in [-0.2, -0.15) is 0 Å². The average Bonchev–Trinajstić information content (AvgIpc) is 2.39. The van der Waals surface area contributed by atoms with Crippen LogP contribution in [0.4, 0.5) is 0 Å². The van der Waals surface area contributed by atoms with Crippen LogP contribution in [0.2, 0.25) is 5.02 Å². The molecule has 0 aliphatic heterocycles. The van der Waals surface area contributed by atoms with E-state index in [1.54, 1.807) is 31.4 Å². The molecule has 1 heterocycles. The van der Waals surface area contributed by atoms with Gasteiger partial charge in [-0.05, 0) is 30.3 Å². The number of hydrogen-bond donors (Lipinski definition) is 1. The van der Waals surface area contributed by atoms with Gasteiger partial charge in [-0.3, -0.25) is 4.98 Å². The summed E-state index contributed by atoms with van der Waals surface area (Å²) in [5, 5.41) is 9.33. The SMILES string of the molecule is COc1ccc(Cl)c(-c2ccc(C(=O)O)cn2)c1. The number of halogens is 1. The Bertz CT molecular complexity index is 581. The van der Waals surface area contributed by atoms with Crippen LogP contribution in [0.3, 0.4) is 0 Å². The molecule has 4 nitrogen and oxygen atoms in total. The van der Waals surface area contributed by atoms with Gasteiger partial charge in [-0.1, -0.05) is 11.6 Å². The van der Waals surface area contributed by atoms with Crippen LogP contribution in [0.25, 0.3) is 11.3 Å². The quantitative estimate of drug-likeness (QED) is 0.924. The van der Waals surface area contributed by atoms with E-state index in [1.165, 1.54) is 12.3 Å². The van der Waals surface area contributed by atoms with Crippen LogP contribution in [0.1, 0.15) is 10.4 Å². The highest BCUT2D eigenvalue weighted by atomic mass is 35.5. The second-order valence-electron chi connectivity index (χ2n) is 3.58. The Kier molecular flexibility index (Phi) is 3.48. The van der Waals surface area contributed by atoms with Crippen molar-refractivity contribution in [1.82, 2.24) is 4.98 Å². The number of carbonyl (C=O) groups is 1. The summed E-state index contributed by atoms with van der Waals surface area (Å²) >= 11 is 6.08. The molecular weight excluding hydrogens is 254 g/mol. The predicted molar refractivity (Wildman–Crippen MR) is 68.2 cm³/mol. The molecule has 5 heteroatoms. The Morgan fingerprint density at radius 2 is 2.11 bits per heavy atom. The molecule has 0 radical (unpaired) electrons. The number of aromatic carboxylic acids is 1. The van der Waals surface area contributed by atoms with Gasteiger partial charge in [0.15, 0.2) is 0 Å². The number of nitrogens with zero attached hydrogens (tertiary/aromatic N) is 1. The Hall–Kier alpha value is -2.07. The third-order valence-electron chi connectivity index (χ3n) is 2.46. The van der Waals surface area contributed by atoms with Crippen molar-refractivity contribution in [3.8, 4) is 17.0 Å². The Balaban J connectivity index is 2.44. The van der Waals surface area contributed by atoms with Gasteiger partial charge in [0.25, 0.3) is 0 Å². The minimum absolute atomic E-state index is 0.137. The maximum atomic E-state index is 10.7. The molecule has 0 unspecified atom stereocenters. The lowest BCUT2D eigenvalue weighted by molar-refractivity contribution is 0.0696. The van der Waals surface area contributed by atoms with Gasteiger partial charge in [-0.25, -0.2) is 4.79 Å². The topological polar surface area (TPSA) is 59.4 Å². The fourth-order valence-electron chi connectivity index (χ4n) is 1.51. The highest BCUT2D eigenvalue weighted by molar-refractivity contribution is 6.33. The van der Waals surface area contributed by atoms with Gasteiger partial charge in [0.05, 0.1) is 23.4 Å². The largest absolute Gasteiger partial charge is 0.497 e. The number of aromatic nitrogens is 1. The Labute approximate surface area is 109 Å². The van der Waals surface area contributed by atoms with Crippen molar-refractivity contribution in [3.05, 3.63) is 47.1 Å². The first-order chi connectivity index (χ1) is 8.61. The zero-order chi connectivity index (χ0) is 13.1. The minimum atomic E-state index is -1.01. The van der Waals surface area contributed by atoms with Crippen molar-refractivity contribution in [2.24, 2.45) is 0 Å². The number of ether oxygens (including phenoxy) is 1. The number of rotatable bonds is 3. The van der Waals surface area contributed by atoms with Crippen molar-refractivity contribution < 1.29 is 14.6 Å². The number of pyridine rings is 1. The molecule has 0 saturated carbocycles. The maximum absolute atomic E-state index is 10.7. The summed E-state index contributed by atoms with van der Waals surface area (Å²) in [6.45, 7) is 0. The van der Waals surface area contributed by atoms with E-state index < -0.39 is 5.97 Å². The maximum Gasteiger partial charge on any atom is 0.337 e. The first-order valence-electron chi connectivity index (χ1n) is 5.15. The second kappa shape index (κ2) is 5.06. The van der Waals surface area contributed by atoms with Crippen molar-refractivity contribution in [1.29, 1.82) is 0 Å². The lowest BCUT2D eigenvalue weighted by Gasteiger charge is -2.06. The van der Waals surface area contributed by atoms with Gasteiger partial charge in [0.1, 0.15) is 5.75 Å². The van der Waals surface area contributed by atoms with Gasteiger partial charge in [0.2, 0.25) is 0 Å². The van der Waals surface area contributed by atoms with E-state index in [9.17, 15) is 4.79 Å². The predicted octanol–water partition coefficient (Wildman–Crippen LogP) is 3.11. The van der Waals surface area contributed by atoms with E-state index >= 15 is 0 Å². The van der Waals surface area contributed by atoms with Gasteiger partial charge >= 0.3 is 5.97 Å². The summed E-state index contributed by atoms with van der Waals surface area (Å²) in [7, 11) is 1.56. The molecule has 2 rings (SSSR count). The van der Waals surface area contributed by atoms with Crippen LogP contribution in [0, 0.1) is 0 Å². The van der Waals surface area contributed by atoms with Crippen LogP contribution in [0.15, 0.2) is 36.5 Å². The fourth-order valence-corrected chi connectivity index (χ4v) is 1.72. The monoisotopic (exact) mass is 263 g/mol. The Morgan fingerprint density at radius 3 is 2.67 bits per heavy atom. The highest BCUT2D eigenvalue weighted by Crippen LogP contribution is 2.30. The number of carboxylic acid groups (broad SMARTS) is 1. The van der Waals surface area contributed by atoms with Gasteiger partial charge in [-0.15, -0.1) is 0 Å². The van der Waals surface area contributed by atoms with E-state index in [0.717, 1.165) is 0 Å². The van der Waals surface area contributed by atoms with Crippen LogP contribution >= 0.6 is 11.6 Å². The molecule has 1 aromatic carbocycles. The van der Waals surface area contributed by atoms with Crippen molar-refractivity contribution in [3.63, 3.8) is 0 Å². The normalized spacial score (nSPS) is 10.1. The minimum Gasteiger partial charge on any atom is -0.497 e. The number of carboxylic acids is 1. The van der Waals surface area contributed by atoms with Gasteiger partial charge in [0, 0.05) is 11.8 Å². The first kappa shape index (κ1) is 12.4. The zero-order valence-corrected chi connectivity index (χ0v) is 10.3. The van der Waals surface area contributed by atoms with Crippen LogP contribution in [-0.2, 0) is 0 Å². The summed E-state index contributed by atoms with van der Waals surface area (Å²) < 4.78 is 5.11. The molecule has 0 amide bonds. The number of methoxy groups -OCH3 is 1. The standard InChI is InChI=1S/C13H10ClNO3/c1-18-9-3-4-11(14)10(6-9)12-5-2-8(7-15-12)13(16)17/h2-7H,1H3,(H,16,17). The summed E-state index contributed by atoms with van der Waals surface area (Å²) in [6.07, 6.45) is 1.30. The summed E-state index contributed by atoms with van der Waals surface area (Å²) in [4.78, 5) is 14.8. The number of benzene rings is 1. The fraction of sp³-hybridized carbons (Fsp3) is 0.0769. The first-order valence-corrected chi connectivity index (χ1v) is 5.53. The van der Waals surface area contributed by atoms with Crippen molar-refractivity contribution in [2.45, 2.75) is 0 Å². The summed E-state index contributed by atoms with van der Waals surface area (Å²) in [5.74, 6) is -0.343. The van der Waals surface area contributed by atoms with Crippen molar-refractivity contribution in [2.75, 3.05) is 7.11 Å². The van der Waals surface area contributed by atoms with Crippen LogP contribution in [-0.4, -0.2) is 23.2 Å². The third-order valence-corrected chi connectivity index (χ3v) is 2.79. The molecule has 0 spiro atoms. The van der Waals surface area contributed by atoms with E-state index in [2.05, 4.69) is 4.98 Å². The third kappa shape index (κ3) is 2.43. The second-order valence-corrected chi connectivity index (χ2v) is 3.99. The number of hydrogen-bond acceptors (Lipinski definition) is 3. The van der Waals surface area contributed by atoms with Gasteiger partial charge < -0.3 is 9.84 Å². The molecule has 0 aliphatic carbocycles. The lowest BCUT2D eigenvalue weighted by Crippen LogP contribution is -1.97. The average molecular weight is 264 g/mol. The van der Waals surface area contributed by atoms with E-state index in [-0.39, 0.29) is 5.56 Å². The molecule has 0 atom stereocenters. The Morgan fingerprint density at radius 1 is 1.33 bits per heavy atom. The molecule has 0 aliphatic rings. The summed E-state index contributed by atoms with van der Waals surface area (Å²) in [6, 6.07) is 8.32. The summed E-state index contributed by atoms with van der Waals surface area (Å²) in [5.41, 5.74) is 1.44. The van der Waals surface area contributed by atoms with E-state index in [1.807, 2.05) is 0 Å². The van der Waals surface area contributed by atoms with Crippen molar-refractivity contribution >= 4 is 17.6 Å². The molecule has 0 fully saturated rings. The van der Waals surface area contributed by atoms with Crippen LogP contribution < -0.4 is 4.74 Å². The molecule has 1 N–H and O–H groups in total. The molecular formula is C13H10ClNO3. The molecule has 2 aromatic rings. The molecule has 0 bridgehead atoms. The van der Waals surface area contributed by atoms with E-state index in [0.29, 0.717) is 22.0 Å². The molecule has 92 valence electrons. The molecule has 18 heavy (non-hydrogen) atoms. The highest BCUT2D eigenvalue weighted by Gasteiger charge is 2.08. The smallest absolute Gasteiger partial charge is 0.337 e. The zero-order valence-electron chi connectivity index (χ0n) is 9.55. The van der Waals surface area contributed by atoms with Crippen LogP contribution in [0.5, 0.6) is 5.75 Å². The molecule has 1 aromatic heterocycles. The molecule has 0 saturated heterocycles. The lowest BCUT2D eigenvalue weighted by atomic mass is 10.1. The van der Waals surface area contributed by atoms with E-state index in [4.69, 9.17) is 21.4 Å².